The summed E-state index contributed by atoms with van der Waals surface area (Å²) in [6.45, 7) is 0.954. The molecule has 132 valence electrons. The minimum absolute atomic E-state index is 0.0218. The monoisotopic (exact) mass is 347 g/mol. The molecule has 2 heterocycles. The van der Waals surface area contributed by atoms with E-state index >= 15 is 0 Å². The van der Waals surface area contributed by atoms with Crippen molar-refractivity contribution in [2.75, 3.05) is 11.9 Å². The fourth-order valence-electron chi connectivity index (χ4n) is 3.15. The van der Waals surface area contributed by atoms with Crippen molar-refractivity contribution in [3.63, 3.8) is 0 Å². The molecule has 3 N–H and O–H groups in total. The van der Waals surface area contributed by atoms with Crippen molar-refractivity contribution >= 4 is 11.6 Å². The average molecular weight is 347 g/mol. The smallest absolute Gasteiger partial charge is 0.228 e. The first kappa shape index (κ1) is 16.5. The van der Waals surface area contributed by atoms with Crippen molar-refractivity contribution in [3.05, 3.63) is 78.1 Å². The van der Waals surface area contributed by atoms with E-state index in [9.17, 15) is 4.79 Å². The van der Waals surface area contributed by atoms with E-state index in [2.05, 4.69) is 27.3 Å². The predicted octanol–water partition coefficient (Wildman–Crippen LogP) is 2.59. The Hall–Kier alpha value is -2.96. The highest BCUT2D eigenvalue weighted by molar-refractivity contribution is 5.92. The third-order valence-corrected chi connectivity index (χ3v) is 4.48. The summed E-state index contributed by atoms with van der Waals surface area (Å²) in [7, 11) is 0. The number of carbonyl (C=O) groups is 1. The number of hydrazine groups is 1. The second-order valence-corrected chi connectivity index (χ2v) is 6.38. The lowest BCUT2D eigenvalue weighted by Gasteiger charge is -2.12. The van der Waals surface area contributed by atoms with Gasteiger partial charge in [-0.25, -0.2) is 4.68 Å². The van der Waals surface area contributed by atoms with Crippen molar-refractivity contribution in [2.24, 2.45) is 0 Å². The third kappa shape index (κ3) is 3.82. The van der Waals surface area contributed by atoms with Crippen molar-refractivity contribution in [3.8, 4) is 5.69 Å². The summed E-state index contributed by atoms with van der Waals surface area (Å²) in [5.41, 5.74) is 10.3. The highest BCUT2D eigenvalue weighted by atomic mass is 16.1. The van der Waals surface area contributed by atoms with Crippen LogP contribution in [0.25, 0.3) is 5.69 Å². The predicted molar refractivity (Wildman–Crippen MR) is 101 cm³/mol. The topological polar surface area (TPSA) is 71.0 Å². The van der Waals surface area contributed by atoms with Gasteiger partial charge in [0.2, 0.25) is 5.91 Å². The van der Waals surface area contributed by atoms with Gasteiger partial charge in [0, 0.05) is 30.7 Å². The Bertz CT molecular complexity index is 867. The molecule has 3 aromatic rings. The Morgan fingerprint density at radius 2 is 2.08 bits per heavy atom. The number of rotatable bonds is 5. The quantitative estimate of drug-likeness (QED) is 0.663. The molecule has 6 heteroatoms. The van der Waals surface area contributed by atoms with Gasteiger partial charge in [0.1, 0.15) is 0 Å². The van der Waals surface area contributed by atoms with Crippen LogP contribution in [0.5, 0.6) is 0 Å². The zero-order chi connectivity index (χ0) is 17.8. The van der Waals surface area contributed by atoms with Gasteiger partial charge in [-0.3, -0.25) is 15.6 Å². The Morgan fingerprint density at radius 1 is 1.19 bits per heavy atom. The molecular weight excluding hydrogens is 326 g/mol. The molecule has 26 heavy (non-hydrogen) atoms. The van der Waals surface area contributed by atoms with Gasteiger partial charge in [-0.1, -0.05) is 24.3 Å². The summed E-state index contributed by atoms with van der Waals surface area (Å²) in [4.78, 5) is 12.4. The van der Waals surface area contributed by atoms with E-state index in [1.165, 1.54) is 5.56 Å². The van der Waals surface area contributed by atoms with E-state index in [1.54, 1.807) is 10.9 Å². The largest absolute Gasteiger partial charge is 0.326 e. The molecule has 0 spiro atoms. The van der Waals surface area contributed by atoms with Gasteiger partial charge in [0.15, 0.2) is 0 Å². The van der Waals surface area contributed by atoms with E-state index in [-0.39, 0.29) is 5.91 Å². The maximum absolute atomic E-state index is 12.4. The highest BCUT2D eigenvalue weighted by Crippen LogP contribution is 2.22. The van der Waals surface area contributed by atoms with Gasteiger partial charge >= 0.3 is 0 Å². The Morgan fingerprint density at radius 3 is 2.81 bits per heavy atom. The SMILES string of the molecule is O=C(Cc1ccc(-n2cccn2)cc1)Nc1cccc(C2CCNN2)c1. The highest BCUT2D eigenvalue weighted by Gasteiger charge is 2.16. The second-order valence-electron chi connectivity index (χ2n) is 6.38. The van der Waals surface area contributed by atoms with Gasteiger partial charge in [-0.15, -0.1) is 0 Å². The fourth-order valence-corrected chi connectivity index (χ4v) is 3.15. The number of nitrogens with one attached hydrogen (secondary N) is 3. The lowest BCUT2D eigenvalue weighted by atomic mass is 10.0. The number of anilines is 1. The fraction of sp³-hybridized carbons (Fsp3) is 0.200. The minimum atomic E-state index is -0.0218. The maximum Gasteiger partial charge on any atom is 0.228 e. The van der Waals surface area contributed by atoms with Crippen LogP contribution in [0.15, 0.2) is 67.0 Å². The Labute approximate surface area is 152 Å². The van der Waals surface area contributed by atoms with Crippen LogP contribution in [0.3, 0.4) is 0 Å². The van der Waals surface area contributed by atoms with Crippen LogP contribution in [0, 0.1) is 0 Å². The van der Waals surface area contributed by atoms with Gasteiger partial charge in [0.05, 0.1) is 12.1 Å². The van der Waals surface area contributed by atoms with Crippen LogP contribution in [0.1, 0.15) is 23.6 Å². The molecule has 1 saturated heterocycles. The molecular formula is C20H21N5O. The summed E-state index contributed by atoms with van der Waals surface area (Å²) < 4.78 is 1.79. The maximum atomic E-state index is 12.4. The first-order valence-electron chi connectivity index (χ1n) is 8.75. The van der Waals surface area contributed by atoms with E-state index in [0.717, 1.165) is 29.9 Å². The molecule has 1 atom stereocenters. The Kier molecular flexibility index (Phi) is 4.77. The van der Waals surface area contributed by atoms with E-state index < -0.39 is 0 Å². The molecule has 1 aliphatic heterocycles. The second kappa shape index (κ2) is 7.51. The molecule has 1 aromatic heterocycles. The van der Waals surface area contributed by atoms with Crippen LogP contribution in [-0.2, 0) is 11.2 Å². The molecule has 1 aliphatic rings. The van der Waals surface area contributed by atoms with Crippen molar-refractivity contribution in [1.82, 2.24) is 20.6 Å². The molecule has 4 rings (SSSR count). The van der Waals surface area contributed by atoms with Crippen molar-refractivity contribution in [2.45, 2.75) is 18.9 Å². The Balaban J connectivity index is 1.38. The molecule has 1 fully saturated rings. The molecule has 6 nitrogen and oxygen atoms in total. The number of amides is 1. The third-order valence-electron chi connectivity index (χ3n) is 4.48. The molecule has 1 amide bonds. The normalized spacial score (nSPS) is 16.5. The summed E-state index contributed by atoms with van der Waals surface area (Å²) in [6.07, 6.45) is 5.02. The summed E-state index contributed by atoms with van der Waals surface area (Å²) in [6, 6.07) is 18.0. The van der Waals surface area contributed by atoms with E-state index in [4.69, 9.17) is 0 Å². The number of carbonyl (C=O) groups excluding carboxylic acids is 1. The molecule has 0 aliphatic carbocycles. The first-order valence-corrected chi connectivity index (χ1v) is 8.75. The first-order chi connectivity index (χ1) is 12.8. The van der Waals surface area contributed by atoms with Crippen molar-refractivity contribution in [1.29, 1.82) is 0 Å². The standard InChI is InChI=1S/C20H21N5O/c26-20(13-15-5-7-18(8-6-15)25-12-2-10-22-25)23-17-4-1-3-16(14-17)19-9-11-21-24-19/h1-8,10,12,14,19,21,24H,9,11,13H2,(H,23,26). The average Bonchev–Trinajstić information content (AvgIpc) is 3.37. The van der Waals surface area contributed by atoms with Gasteiger partial charge in [-0.2, -0.15) is 5.10 Å². The van der Waals surface area contributed by atoms with E-state index in [1.807, 2.05) is 54.7 Å². The zero-order valence-corrected chi connectivity index (χ0v) is 14.4. The summed E-state index contributed by atoms with van der Waals surface area (Å²) in [5.74, 6) is -0.0218. The van der Waals surface area contributed by atoms with Gasteiger partial charge in [-0.05, 0) is 47.9 Å². The number of hydrogen-bond donors (Lipinski definition) is 3. The van der Waals surface area contributed by atoms with Crippen LogP contribution in [0.4, 0.5) is 5.69 Å². The minimum Gasteiger partial charge on any atom is -0.326 e. The van der Waals surface area contributed by atoms with Crippen LogP contribution in [-0.4, -0.2) is 22.2 Å². The number of nitrogens with zero attached hydrogens (tertiary/aromatic N) is 2. The van der Waals surface area contributed by atoms with Crippen LogP contribution >= 0.6 is 0 Å². The van der Waals surface area contributed by atoms with Gasteiger partial charge < -0.3 is 5.32 Å². The van der Waals surface area contributed by atoms with Gasteiger partial charge in [0.25, 0.3) is 0 Å². The zero-order valence-electron chi connectivity index (χ0n) is 14.4. The number of hydrogen-bond acceptors (Lipinski definition) is 4. The molecule has 0 radical (unpaired) electrons. The van der Waals surface area contributed by atoms with Crippen LogP contribution < -0.4 is 16.2 Å². The molecule has 0 saturated carbocycles. The lowest BCUT2D eigenvalue weighted by molar-refractivity contribution is -0.115. The van der Waals surface area contributed by atoms with Crippen LogP contribution in [0.2, 0.25) is 0 Å². The van der Waals surface area contributed by atoms with Crippen molar-refractivity contribution < 1.29 is 4.79 Å². The molecule has 2 aromatic carbocycles. The summed E-state index contributed by atoms with van der Waals surface area (Å²) >= 11 is 0. The van der Waals surface area contributed by atoms with E-state index in [0.29, 0.717) is 12.5 Å². The number of benzene rings is 2. The molecule has 0 bridgehead atoms. The lowest BCUT2D eigenvalue weighted by Crippen LogP contribution is -2.24. The number of aromatic nitrogens is 2. The summed E-state index contributed by atoms with van der Waals surface area (Å²) in [5, 5.41) is 7.19. The molecule has 1 unspecified atom stereocenters.